The van der Waals surface area contributed by atoms with E-state index in [1.807, 2.05) is 12.5 Å². The molecule has 20 heavy (non-hydrogen) atoms. The van der Waals surface area contributed by atoms with Crippen LogP contribution in [0, 0.1) is 11.3 Å². The van der Waals surface area contributed by atoms with Crippen molar-refractivity contribution in [2.75, 3.05) is 26.9 Å². The summed E-state index contributed by atoms with van der Waals surface area (Å²) in [6.07, 6.45) is 8.61. The first-order chi connectivity index (χ1) is 9.74. The second-order valence-electron chi connectivity index (χ2n) is 6.34. The van der Waals surface area contributed by atoms with Crippen molar-refractivity contribution in [2.45, 2.75) is 38.3 Å². The number of nitrogens with zero attached hydrogens (tertiary/aromatic N) is 2. The van der Waals surface area contributed by atoms with E-state index in [0.717, 1.165) is 44.9 Å². The van der Waals surface area contributed by atoms with Gasteiger partial charge in [-0.3, -0.25) is 0 Å². The van der Waals surface area contributed by atoms with E-state index in [9.17, 15) is 0 Å². The van der Waals surface area contributed by atoms with Gasteiger partial charge in [0.25, 0.3) is 0 Å². The number of hydrogen-bond donors (Lipinski definition) is 1. The topological polar surface area (TPSA) is 62.3 Å². The van der Waals surface area contributed by atoms with Gasteiger partial charge in [-0.15, -0.1) is 0 Å². The molecule has 3 rings (SSSR count). The van der Waals surface area contributed by atoms with Gasteiger partial charge < -0.3 is 19.8 Å². The largest absolute Gasteiger partial charge is 0.385 e. The van der Waals surface area contributed by atoms with Crippen LogP contribution in [0.25, 0.3) is 0 Å². The molecule has 2 heterocycles. The van der Waals surface area contributed by atoms with Gasteiger partial charge in [0.1, 0.15) is 0 Å². The lowest BCUT2D eigenvalue weighted by Gasteiger charge is -2.22. The molecular weight excluding hydrogens is 254 g/mol. The molecular formula is C15H25N3O2. The molecule has 1 aliphatic heterocycles. The van der Waals surface area contributed by atoms with Crippen LogP contribution in [0.2, 0.25) is 0 Å². The Kier molecular flexibility index (Phi) is 4.10. The molecule has 2 aliphatic rings. The van der Waals surface area contributed by atoms with Gasteiger partial charge in [0.2, 0.25) is 0 Å². The molecule has 112 valence electrons. The molecule has 1 aliphatic carbocycles. The minimum absolute atomic E-state index is 0.0400. The van der Waals surface area contributed by atoms with Crippen LogP contribution in [0.4, 0.5) is 0 Å². The predicted molar refractivity (Wildman–Crippen MR) is 76.2 cm³/mol. The minimum atomic E-state index is 0.0400. The summed E-state index contributed by atoms with van der Waals surface area (Å²) in [6, 6.07) is 0.0400. The molecule has 0 aromatic carbocycles. The van der Waals surface area contributed by atoms with Crippen LogP contribution in [0.3, 0.4) is 0 Å². The first kappa shape index (κ1) is 14.0. The van der Waals surface area contributed by atoms with Crippen LogP contribution >= 0.6 is 0 Å². The van der Waals surface area contributed by atoms with E-state index in [1.54, 1.807) is 7.11 Å². The normalized spacial score (nSPS) is 25.8. The van der Waals surface area contributed by atoms with Crippen LogP contribution in [0.5, 0.6) is 0 Å². The van der Waals surface area contributed by atoms with Gasteiger partial charge in [-0.05, 0) is 31.1 Å². The average molecular weight is 279 g/mol. The first-order valence-electron chi connectivity index (χ1n) is 7.56. The summed E-state index contributed by atoms with van der Waals surface area (Å²) in [4.78, 5) is 4.32. The van der Waals surface area contributed by atoms with E-state index >= 15 is 0 Å². The Balaban J connectivity index is 1.67. The van der Waals surface area contributed by atoms with Gasteiger partial charge in [0.05, 0.1) is 24.7 Å². The van der Waals surface area contributed by atoms with Gasteiger partial charge in [0.15, 0.2) is 0 Å². The average Bonchev–Trinajstić information content (AvgIpc) is 2.87. The molecule has 2 unspecified atom stereocenters. The molecule has 1 aromatic rings. The van der Waals surface area contributed by atoms with Crippen molar-refractivity contribution >= 4 is 0 Å². The Morgan fingerprint density at radius 1 is 1.60 bits per heavy atom. The van der Waals surface area contributed by atoms with Gasteiger partial charge >= 0.3 is 0 Å². The Morgan fingerprint density at radius 3 is 3.10 bits per heavy atom. The third-order valence-electron chi connectivity index (χ3n) is 4.86. The second-order valence-corrected chi connectivity index (χ2v) is 6.34. The highest BCUT2D eigenvalue weighted by molar-refractivity contribution is 5.09. The van der Waals surface area contributed by atoms with Crippen LogP contribution in [-0.4, -0.2) is 36.5 Å². The van der Waals surface area contributed by atoms with Crippen molar-refractivity contribution in [3.8, 4) is 0 Å². The highest BCUT2D eigenvalue weighted by Gasteiger charge is 2.43. The number of imidazole rings is 1. The number of aromatic nitrogens is 2. The second kappa shape index (κ2) is 5.84. The first-order valence-corrected chi connectivity index (χ1v) is 7.56. The van der Waals surface area contributed by atoms with E-state index in [4.69, 9.17) is 15.2 Å². The lowest BCUT2D eigenvalue weighted by atomic mass is 9.96. The maximum Gasteiger partial charge on any atom is 0.0948 e. The smallest absolute Gasteiger partial charge is 0.0948 e. The van der Waals surface area contributed by atoms with Crippen LogP contribution < -0.4 is 5.73 Å². The molecule has 2 fully saturated rings. The molecule has 1 saturated heterocycles. The van der Waals surface area contributed by atoms with Gasteiger partial charge in [-0.25, -0.2) is 4.98 Å². The summed E-state index contributed by atoms with van der Waals surface area (Å²) < 4.78 is 12.9. The van der Waals surface area contributed by atoms with Crippen LogP contribution in [-0.2, 0) is 16.0 Å². The molecule has 0 amide bonds. The van der Waals surface area contributed by atoms with Crippen molar-refractivity contribution in [3.05, 3.63) is 18.2 Å². The van der Waals surface area contributed by atoms with E-state index in [1.165, 1.54) is 12.8 Å². The Hall–Kier alpha value is -0.910. The summed E-state index contributed by atoms with van der Waals surface area (Å²) >= 11 is 0. The fraction of sp³-hybridized carbons (Fsp3) is 0.800. The van der Waals surface area contributed by atoms with E-state index in [-0.39, 0.29) is 6.04 Å². The quantitative estimate of drug-likeness (QED) is 0.826. The van der Waals surface area contributed by atoms with Crippen molar-refractivity contribution in [1.82, 2.24) is 9.55 Å². The number of ether oxygens (including phenoxy) is 2. The SMILES string of the molecule is COCCC1(Cn2cncc2C(N)C2CCOC2)CC1. The maximum absolute atomic E-state index is 6.42. The Labute approximate surface area is 120 Å². The number of rotatable bonds is 7. The van der Waals surface area contributed by atoms with Gasteiger partial charge in [-0.2, -0.15) is 0 Å². The zero-order valence-corrected chi connectivity index (χ0v) is 12.3. The maximum atomic E-state index is 6.42. The lowest BCUT2D eigenvalue weighted by molar-refractivity contribution is 0.165. The summed E-state index contributed by atoms with van der Waals surface area (Å²) in [7, 11) is 1.77. The molecule has 5 nitrogen and oxygen atoms in total. The molecule has 0 spiro atoms. The predicted octanol–water partition coefficient (Wildman–Crippen LogP) is 1.74. The Bertz CT molecular complexity index is 436. The van der Waals surface area contributed by atoms with Gasteiger partial charge in [0, 0.05) is 39.0 Å². The van der Waals surface area contributed by atoms with Crippen molar-refractivity contribution in [1.29, 1.82) is 0 Å². The number of nitrogens with two attached hydrogens (primary N) is 1. The highest BCUT2D eigenvalue weighted by atomic mass is 16.5. The summed E-state index contributed by atoms with van der Waals surface area (Å²) in [6.45, 7) is 3.48. The van der Waals surface area contributed by atoms with Crippen molar-refractivity contribution < 1.29 is 9.47 Å². The van der Waals surface area contributed by atoms with Crippen molar-refractivity contribution in [2.24, 2.45) is 17.1 Å². The molecule has 0 bridgehead atoms. The Morgan fingerprint density at radius 2 is 2.45 bits per heavy atom. The van der Waals surface area contributed by atoms with Crippen molar-refractivity contribution in [3.63, 3.8) is 0 Å². The molecule has 1 saturated carbocycles. The number of hydrogen-bond acceptors (Lipinski definition) is 4. The third kappa shape index (κ3) is 2.90. The highest BCUT2D eigenvalue weighted by Crippen LogP contribution is 2.50. The van der Waals surface area contributed by atoms with E-state index in [0.29, 0.717) is 11.3 Å². The summed E-state index contributed by atoms with van der Waals surface area (Å²) in [5.41, 5.74) is 7.99. The van der Waals surface area contributed by atoms with Gasteiger partial charge in [-0.1, -0.05) is 0 Å². The summed E-state index contributed by atoms with van der Waals surface area (Å²) in [5.74, 6) is 0.430. The standard InChI is InChI=1S/C15H25N3O2/c1-19-7-5-15(3-4-15)10-18-11-17-8-13(18)14(16)12-2-6-20-9-12/h8,11-12,14H,2-7,9-10,16H2,1H3. The fourth-order valence-electron chi connectivity index (χ4n) is 3.16. The molecule has 2 N–H and O–H groups in total. The molecule has 1 aromatic heterocycles. The zero-order chi connectivity index (χ0) is 14.0. The third-order valence-corrected chi connectivity index (χ3v) is 4.86. The fourth-order valence-corrected chi connectivity index (χ4v) is 3.16. The van der Waals surface area contributed by atoms with Crippen LogP contribution in [0.1, 0.15) is 37.4 Å². The summed E-state index contributed by atoms with van der Waals surface area (Å²) in [5, 5.41) is 0. The van der Waals surface area contributed by atoms with E-state index < -0.39 is 0 Å². The zero-order valence-electron chi connectivity index (χ0n) is 12.3. The molecule has 5 heteroatoms. The lowest BCUT2D eigenvalue weighted by Crippen LogP contribution is -2.26. The molecule has 0 radical (unpaired) electrons. The van der Waals surface area contributed by atoms with Crippen LogP contribution in [0.15, 0.2) is 12.5 Å². The minimum Gasteiger partial charge on any atom is -0.385 e. The van der Waals surface area contributed by atoms with E-state index in [2.05, 4.69) is 9.55 Å². The monoisotopic (exact) mass is 279 g/mol. The molecule has 2 atom stereocenters. The number of methoxy groups -OCH3 is 1.